The lowest BCUT2D eigenvalue weighted by molar-refractivity contribution is 0.629. The average Bonchev–Trinajstić information content (AvgIpc) is 3.27. The van der Waals surface area contributed by atoms with Crippen molar-refractivity contribution in [2.24, 2.45) is 4.99 Å². The van der Waals surface area contributed by atoms with Crippen LogP contribution >= 0.6 is 11.3 Å². The molecule has 0 radical (unpaired) electrons. The third-order valence-electron chi connectivity index (χ3n) is 4.22. The Morgan fingerprint density at radius 2 is 2.08 bits per heavy atom. The van der Waals surface area contributed by atoms with Crippen molar-refractivity contribution >= 4 is 28.2 Å². The van der Waals surface area contributed by atoms with Crippen LogP contribution in [-0.4, -0.2) is 36.1 Å². The summed E-state index contributed by atoms with van der Waals surface area (Å²) in [4.78, 5) is 13.2. The molecule has 0 aliphatic heterocycles. The summed E-state index contributed by atoms with van der Waals surface area (Å²) in [6.45, 7) is 3.65. The lowest BCUT2D eigenvalue weighted by atomic mass is 10.1. The van der Waals surface area contributed by atoms with Gasteiger partial charge in [-0.3, -0.25) is 4.99 Å². The highest BCUT2D eigenvalue weighted by Gasteiger charge is 2.06. The molecule has 1 aromatic carbocycles. The van der Waals surface area contributed by atoms with Gasteiger partial charge in [0.25, 0.3) is 0 Å². The Labute approximate surface area is 156 Å². The van der Waals surface area contributed by atoms with Gasteiger partial charge in [0.2, 0.25) is 0 Å². The highest BCUT2D eigenvalue weighted by atomic mass is 32.1. The standard InChI is InChI=1S/C19H24FN5S/c1-3-15-12-25-18(26-15)7-9-23-19(21-2)22-8-6-13-11-24-17-5-4-14(20)10-16(13)17/h4-5,10-12,24H,3,6-9H2,1-2H3,(H2,21,22,23). The minimum absolute atomic E-state index is 0.211. The molecule has 0 atom stereocenters. The van der Waals surface area contributed by atoms with Gasteiger partial charge in [-0.1, -0.05) is 6.92 Å². The molecule has 0 aliphatic carbocycles. The predicted octanol–water partition coefficient (Wildman–Crippen LogP) is 3.28. The van der Waals surface area contributed by atoms with E-state index in [4.69, 9.17) is 0 Å². The van der Waals surface area contributed by atoms with Crippen LogP contribution in [0.4, 0.5) is 4.39 Å². The SMILES string of the molecule is CCc1cnc(CCNC(=NC)NCCc2c[nH]c3ccc(F)cc23)s1. The number of thiazole rings is 1. The average molecular weight is 374 g/mol. The number of aryl methyl sites for hydroxylation is 1. The normalized spacial score (nSPS) is 11.9. The Morgan fingerprint density at radius 1 is 1.27 bits per heavy atom. The molecule has 26 heavy (non-hydrogen) atoms. The van der Waals surface area contributed by atoms with Gasteiger partial charge >= 0.3 is 0 Å². The summed E-state index contributed by atoms with van der Waals surface area (Å²) in [6.07, 6.45) is 6.60. The zero-order valence-corrected chi connectivity index (χ0v) is 15.9. The quantitative estimate of drug-likeness (QED) is 0.440. The Bertz CT molecular complexity index is 883. The summed E-state index contributed by atoms with van der Waals surface area (Å²) in [6, 6.07) is 4.82. The van der Waals surface area contributed by atoms with E-state index in [1.165, 1.54) is 10.9 Å². The minimum atomic E-state index is -0.211. The van der Waals surface area contributed by atoms with E-state index in [1.54, 1.807) is 30.5 Å². The maximum Gasteiger partial charge on any atom is 0.191 e. The van der Waals surface area contributed by atoms with E-state index in [9.17, 15) is 4.39 Å². The third-order valence-corrected chi connectivity index (χ3v) is 5.42. The van der Waals surface area contributed by atoms with Crippen molar-refractivity contribution < 1.29 is 4.39 Å². The number of guanidine groups is 1. The van der Waals surface area contributed by atoms with Gasteiger partial charge in [0, 0.05) is 54.7 Å². The molecule has 0 amide bonds. The number of halogens is 1. The van der Waals surface area contributed by atoms with E-state index >= 15 is 0 Å². The molecule has 0 spiro atoms. The first kappa shape index (κ1) is 18.4. The molecule has 138 valence electrons. The van der Waals surface area contributed by atoms with Crippen LogP contribution in [0.15, 0.2) is 35.6 Å². The van der Waals surface area contributed by atoms with Crippen molar-refractivity contribution in [2.75, 3.05) is 20.1 Å². The lowest BCUT2D eigenvalue weighted by Crippen LogP contribution is -2.39. The lowest BCUT2D eigenvalue weighted by Gasteiger charge is -2.11. The van der Waals surface area contributed by atoms with Crippen molar-refractivity contribution in [3.8, 4) is 0 Å². The molecule has 5 nitrogen and oxygen atoms in total. The number of aromatic nitrogens is 2. The van der Waals surface area contributed by atoms with Crippen LogP contribution in [0.25, 0.3) is 10.9 Å². The zero-order valence-electron chi connectivity index (χ0n) is 15.1. The number of benzene rings is 1. The summed E-state index contributed by atoms with van der Waals surface area (Å²) >= 11 is 1.77. The molecular formula is C19H24FN5S. The number of aliphatic imine (C=N–C) groups is 1. The molecular weight excluding hydrogens is 349 g/mol. The maximum absolute atomic E-state index is 13.4. The van der Waals surface area contributed by atoms with E-state index in [2.05, 4.69) is 32.5 Å². The number of H-pyrrole nitrogens is 1. The zero-order chi connectivity index (χ0) is 18.4. The number of fused-ring (bicyclic) bond motifs is 1. The van der Waals surface area contributed by atoms with Gasteiger partial charge in [0.15, 0.2) is 5.96 Å². The van der Waals surface area contributed by atoms with Gasteiger partial charge in [-0.15, -0.1) is 11.3 Å². The molecule has 2 heterocycles. The summed E-state index contributed by atoms with van der Waals surface area (Å²) in [5.74, 6) is 0.556. The monoisotopic (exact) mass is 373 g/mol. The molecule has 0 saturated carbocycles. The minimum Gasteiger partial charge on any atom is -0.361 e. The highest BCUT2D eigenvalue weighted by Crippen LogP contribution is 2.19. The van der Waals surface area contributed by atoms with E-state index < -0.39 is 0 Å². The topological polar surface area (TPSA) is 65.1 Å². The van der Waals surface area contributed by atoms with Gasteiger partial charge < -0.3 is 15.6 Å². The second-order valence-electron chi connectivity index (χ2n) is 6.00. The molecule has 0 bridgehead atoms. The van der Waals surface area contributed by atoms with Crippen LogP contribution < -0.4 is 10.6 Å². The van der Waals surface area contributed by atoms with Crippen molar-refractivity contribution in [3.05, 3.63) is 51.9 Å². The molecule has 3 N–H and O–H groups in total. The van der Waals surface area contributed by atoms with Crippen LogP contribution in [0.2, 0.25) is 0 Å². The fourth-order valence-electron chi connectivity index (χ4n) is 2.81. The fourth-order valence-corrected chi connectivity index (χ4v) is 3.67. The number of hydrogen-bond donors (Lipinski definition) is 3. The first-order valence-electron chi connectivity index (χ1n) is 8.83. The van der Waals surface area contributed by atoms with Gasteiger partial charge in [-0.25, -0.2) is 9.37 Å². The van der Waals surface area contributed by atoms with Crippen molar-refractivity contribution in [2.45, 2.75) is 26.2 Å². The second kappa shape index (κ2) is 8.80. The van der Waals surface area contributed by atoms with E-state index in [1.807, 2.05) is 12.4 Å². The predicted molar refractivity (Wildman–Crippen MR) is 107 cm³/mol. The van der Waals surface area contributed by atoms with Gasteiger partial charge in [0.05, 0.1) is 5.01 Å². The Hall–Kier alpha value is -2.41. The summed E-state index contributed by atoms with van der Waals surface area (Å²) < 4.78 is 13.4. The van der Waals surface area contributed by atoms with Crippen molar-refractivity contribution in [1.82, 2.24) is 20.6 Å². The molecule has 0 fully saturated rings. The number of nitrogens with zero attached hydrogens (tertiary/aromatic N) is 2. The Balaban J connectivity index is 1.45. The van der Waals surface area contributed by atoms with Gasteiger partial charge in [-0.2, -0.15) is 0 Å². The molecule has 3 rings (SSSR count). The van der Waals surface area contributed by atoms with E-state index in [-0.39, 0.29) is 5.82 Å². The summed E-state index contributed by atoms with van der Waals surface area (Å²) in [5, 5.41) is 8.69. The molecule has 0 saturated heterocycles. The van der Waals surface area contributed by atoms with Crippen LogP contribution in [0, 0.1) is 5.82 Å². The number of aromatic amines is 1. The molecule has 0 unspecified atom stereocenters. The van der Waals surface area contributed by atoms with Crippen LogP contribution in [0.5, 0.6) is 0 Å². The van der Waals surface area contributed by atoms with Gasteiger partial charge in [0.1, 0.15) is 5.82 Å². The Kier molecular flexibility index (Phi) is 6.22. The second-order valence-corrected chi connectivity index (χ2v) is 7.20. The van der Waals surface area contributed by atoms with Crippen LogP contribution in [0.3, 0.4) is 0 Å². The largest absolute Gasteiger partial charge is 0.361 e. The molecule has 0 aliphatic rings. The summed E-state index contributed by atoms with van der Waals surface area (Å²) in [7, 11) is 1.76. The van der Waals surface area contributed by atoms with Gasteiger partial charge in [-0.05, 0) is 36.6 Å². The number of nitrogens with one attached hydrogen (secondary N) is 3. The van der Waals surface area contributed by atoms with E-state index in [0.29, 0.717) is 0 Å². The van der Waals surface area contributed by atoms with E-state index in [0.717, 1.165) is 59.8 Å². The molecule has 7 heteroatoms. The summed E-state index contributed by atoms with van der Waals surface area (Å²) in [5.41, 5.74) is 2.05. The van der Waals surface area contributed by atoms with Crippen LogP contribution in [0.1, 0.15) is 22.4 Å². The van der Waals surface area contributed by atoms with Crippen LogP contribution in [-0.2, 0) is 19.3 Å². The highest BCUT2D eigenvalue weighted by molar-refractivity contribution is 7.11. The first-order valence-corrected chi connectivity index (χ1v) is 9.65. The van der Waals surface area contributed by atoms with Crippen molar-refractivity contribution in [3.63, 3.8) is 0 Å². The fraction of sp³-hybridized carbons (Fsp3) is 0.368. The van der Waals surface area contributed by atoms with Crippen molar-refractivity contribution in [1.29, 1.82) is 0 Å². The number of hydrogen-bond acceptors (Lipinski definition) is 3. The smallest absolute Gasteiger partial charge is 0.191 e. The first-order chi connectivity index (χ1) is 12.7. The Morgan fingerprint density at radius 3 is 2.81 bits per heavy atom. The third kappa shape index (κ3) is 4.60. The molecule has 2 aromatic heterocycles. The molecule has 3 aromatic rings. The number of rotatable bonds is 7. The maximum atomic E-state index is 13.4.